The third-order valence-corrected chi connectivity index (χ3v) is 5.64. The predicted molar refractivity (Wildman–Crippen MR) is 98.9 cm³/mol. The smallest absolute Gasteiger partial charge is 0.246 e. The number of halogens is 1. The van der Waals surface area contributed by atoms with Crippen LogP contribution in [-0.2, 0) is 4.79 Å². The summed E-state index contributed by atoms with van der Waals surface area (Å²) in [4.78, 5) is 14.3. The molecule has 0 radical (unpaired) electrons. The van der Waals surface area contributed by atoms with Crippen LogP contribution in [0.15, 0.2) is 30.9 Å². The number of ether oxygens (including phenoxy) is 2. The Bertz CT molecular complexity index is 656. The van der Waals surface area contributed by atoms with Crippen molar-refractivity contribution in [1.82, 2.24) is 4.90 Å². The lowest BCUT2D eigenvalue weighted by Gasteiger charge is -2.22. The molecule has 3 rings (SSSR count). The van der Waals surface area contributed by atoms with Crippen molar-refractivity contribution in [2.24, 2.45) is 0 Å². The average Bonchev–Trinajstić information content (AvgIpc) is 3.23. The maximum absolute atomic E-state index is 12.5. The number of nitrogens with zero attached hydrogens (tertiary/aromatic N) is 1. The van der Waals surface area contributed by atoms with Gasteiger partial charge in [0.05, 0.1) is 5.02 Å². The molecule has 2 heterocycles. The van der Waals surface area contributed by atoms with Crippen LogP contribution in [0, 0.1) is 0 Å². The van der Waals surface area contributed by atoms with Crippen LogP contribution in [0.3, 0.4) is 0 Å². The first-order valence-electron chi connectivity index (χ1n) is 7.96. The van der Waals surface area contributed by atoms with Gasteiger partial charge in [0.1, 0.15) is 0 Å². The van der Waals surface area contributed by atoms with Crippen LogP contribution in [0.2, 0.25) is 5.02 Å². The van der Waals surface area contributed by atoms with E-state index < -0.39 is 0 Å². The van der Waals surface area contributed by atoms with E-state index in [0.717, 1.165) is 12.1 Å². The molecule has 0 N–H and O–H groups in total. The zero-order valence-electron chi connectivity index (χ0n) is 13.4. The normalized spacial score (nSPS) is 19.0. The van der Waals surface area contributed by atoms with E-state index in [1.54, 1.807) is 24.3 Å². The number of hydrogen-bond acceptors (Lipinski definition) is 4. The fourth-order valence-corrected chi connectivity index (χ4v) is 4.36. The van der Waals surface area contributed by atoms with Gasteiger partial charge in [-0.2, -0.15) is 11.8 Å². The Balaban J connectivity index is 1.68. The molecule has 0 aliphatic carbocycles. The molecule has 128 valence electrons. The number of amides is 1. The van der Waals surface area contributed by atoms with Crippen molar-refractivity contribution in [3.05, 3.63) is 41.4 Å². The second-order valence-corrected chi connectivity index (χ2v) is 7.55. The van der Waals surface area contributed by atoms with Gasteiger partial charge < -0.3 is 14.4 Å². The highest BCUT2D eigenvalue weighted by molar-refractivity contribution is 8.00. The highest BCUT2D eigenvalue weighted by Gasteiger charge is 2.21. The van der Waals surface area contributed by atoms with Crippen LogP contribution < -0.4 is 9.47 Å². The molecule has 6 heteroatoms. The molecule has 1 unspecified atom stereocenters. The van der Waals surface area contributed by atoms with Crippen molar-refractivity contribution in [3.63, 3.8) is 0 Å². The number of fused-ring (bicyclic) bond motifs is 1. The first-order valence-corrected chi connectivity index (χ1v) is 9.38. The summed E-state index contributed by atoms with van der Waals surface area (Å²) in [6, 6.07) is 3.59. The third-order valence-electron chi connectivity index (χ3n) is 3.98. The van der Waals surface area contributed by atoms with Gasteiger partial charge >= 0.3 is 0 Å². The molecule has 4 nitrogen and oxygen atoms in total. The van der Waals surface area contributed by atoms with Gasteiger partial charge in [-0.05, 0) is 42.4 Å². The Labute approximate surface area is 151 Å². The number of hydrogen-bond donors (Lipinski definition) is 0. The summed E-state index contributed by atoms with van der Waals surface area (Å²) < 4.78 is 10.6. The monoisotopic (exact) mass is 365 g/mol. The van der Waals surface area contributed by atoms with Gasteiger partial charge in [-0.25, -0.2) is 0 Å². The minimum absolute atomic E-state index is 0.0174. The highest BCUT2D eigenvalue weighted by atomic mass is 35.5. The minimum Gasteiger partial charge on any atom is -0.454 e. The van der Waals surface area contributed by atoms with E-state index in [2.05, 4.69) is 6.58 Å². The molecule has 1 amide bonds. The quantitative estimate of drug-likeness (QED) is 0.564. The van der Waals surface area contributed by atoms with Crippen LogP contribution >= 0.6 is 23.4 Å². The van der Waals surface area contributed by atoms with E-state index in [9.17, 15) is 4.79 Å². The lowest BCUT2D eigenvalue weighted by molar-refractivity contribution is -0.125. The van der Waals surface area contributed by atoms with Crippen molar-refractivity contribution in [2.75, 3.05) is 25.6 Å². The van der Waals surface area contributed by atoms with Gasteiger partial charge in [-0.1, -0.05) is 17.7 Å². The summed E-state index contributed by atoms with van der Waals surface area (Å²) in [5.74, 6) is 2.34. The zero-order valence-corrected chi connectivity index (χ0v) is 14.9. The summed E-state index contributed by atoms with van der Waals surface area (Å²) in [7, 11) is 0. The Morgan fingerprint density at radius 1 is 1.46 bits per heavy atom. The molecule has 0 aromatic heterocycles. The van der Waals surface area contributed by atoms with E-state index in [1.807, 2.05) is 22.7 Å². The number of thioether (sulfide) groups is 1. The topological polar surface area (TPSA) is 38.8 Å². The summed E-state index contributed by atoms with van der Waals surface area (Å²) in [6.07, 6.45) is 7.51. The molecule has 0 bridgehead atoms. The van der Waals surface area contributed by atoms with Crippen molar-refractivity contribution >= 4 is 35.3 Å². The molecule has 2 aliphatic rings. The van der Waals surface area contributed by atoms with Crippen LogP contribution in [0.4, 0.5) is 0 Å². The molecule has 2 aliphatic heterocycles. The summed E-state index contributed by atoms with van der Waals surface area (Å²) >= 11 is 8.11. The van der Waals surface area contributed by atoms with Crippen molar-refractivity contribution in [3.8, 4) is 11.5 Å². The fourth-order valence-electron chi connectivity index (χ4n) is 2.80. The first kappa shape index (κ1) is 17.2. The lowest BCUT2D eigenvalue weighted by atomic mass is 10.2. The number of carbonyl (C=O) groups excluding carboxylic acids is 1. The number of rotatable bonds is 6. The van der Waals surface area contributed by atoms with Gasteiger partial charge in [-0.3, -0.25) is 4.79 Å². The maximum atomic E-state index is 12.5. The summed E-state index contributed by atoms with van der Waals surface area (Å²) in [5.41, 5.74) is 0.811. The average molecular weight is 366 g/mol. The first-order chi connectivity index (χ1) is 11.7. The Kier molecular flexibility index (Phi) is 5.74. The molecule has 0 saturated carbocycles. The van der Waals surface area contributed by atoms with Crippen LogP contribution in [0.1, 0.15) is 18.4 Å². The molecule has 24 heavy (non-hydrogen) atoms. The molecule has 1 aromatic rings. The maximum Gasteiger partial charge on any atom is 0.246 e. The summed E-state index contributed by atoms with van der Waals surface area (Å²) in [6.45, 7) is 5.25. The molecule has 1 aromatic carbocycles. The molecule has 1 saturated heterocycles. The second-order valence-electron chi connectivity index (χ2n) is 5.74. The number of benzene rings is 1. The van der Waals surface area contributed by atoms with E-state index in [4.69, 9.17) is 21.1 Å². The standard InChI is InChI=1S/C18H20ClNO3S/c1-2-7-20(11-14-4-3-8-24-14)17(21)6-5-13-9-15(19)18-16(10-13)22-12-23-18/h2,5-6,9-10,14H,1,3-4,7-8,11-12H2/b6-5+. The van der Waals surface area contributed by atoms with Crippen LogP contribution in [-0.4, -0.2) is 41.7 Å². The van der Waals surface area contributed by atoms with E-state index in [-0.39, 0.29) is 12.7 Å². The van der Waals surface area contributed by atoms with E-state index in [1.165, 1.54) is 18.6 Å². The number of carbonyl (C=O) groups is 1. The SMILES string of the molecule is C=CCN(CC1CCCS1)C(=O)/C=C/c1cc(Cl)c2c(c1)OCO2. The predicted octanol–water partition coefficient (Wildman–Crippen LogP) is 3.99. The van der Waals surface area contributed by atoms with Gasteiger partial charge in [-0.15, -0.1) is 6.58 Å². The van der Waals surface area contributed by atoms with Gasteiger partial charge in [0.25, 0.3) is 0 Å². The van der Waals surface area contributed by atoms with Gasteiger partial charge in [0, 0.05) is 24.4 Å². The molecular formula is C18H20ClNO3S. The largest absolute Gasteiger partial charge is 0.454 e. The highest BCUT2D eigenvalue weighted by Crippen LogP contribution is 2.40. The summed E-state index contributed by atoms with van der Waals surface area (Å²) in [5, 5.41) is 1.02. The van der Waals surface area contributed by atoms with E-state index >= 15 is 0 Å². The van der Waals surface area contributed by atoms with Crippen LogP contribution in [0.5, 0.6) is 11.5 Å². The second kappa shape index (κ2) is 7.99. The molecule has 0 spiro atoms. The molecule has 1 atom stereocenters. The van der Waals surface area contributed by atoms with Gasteiger partial charge in [0.2, 0.25) is 12.7 Å². The third kappa shape index (κ3) is 4.08. The van der Waals surface area contributed by atoms with Gasteiger partial charge in [0.15, 0.2) is 11.5 Å². The zero-order chi connectivity index (χ0) is 16.9. The lowest BCUT2D eigenvalue weighted by Crippen LogP contribution is -2.34. The Morgan fingerprint density at radius 2 is 2.33 bits per heavy atom. The fraction of sp³-hybridized carbons (Fsp3) is 0.389. The van der Waals surface area contributed by atoms with E-state index in [0.29, 0.717) is 28.3 Å². The Hall–Kier alpha value is -1.59. The van der Waals surface area contributed by atoms with Crippen molar-refractivity contribution < 1.29 is 14.3 Å². The van der Waals surface area contributed by atoms with Crippen molar-refractivity contribution in [2.45, 2.75) is 18.1 Å². The molecular weight excluding hydrogens is 346 g/mol. The Morgan fingerprint density at radius 3 is 3.08 bits per heavy atom. The molecule has 1 fully saturated rings. The minimum atomic E-state index is -0.0174. The van der Waals surface area contributed by atoms with Crippen LogP contribution in [0.25, 0.3) is 6.08 Å². The van der Waals surface area contributed by atoms with Crippen molar-refractivity contribution in [1.29, 1.82) is 0 Å².